The van der Waals surface area contributed by atoms with Gasteiger partial charge in [0.25, 0.3) is 0 Å². The summed E-state index contributed by atoms with van der Waals surface area (Å²) in [5.41, 5.74) is 20.6. The predicted octanol–water partition coefficient (Wildman–Crippen LogP) is 15.1. The lowest BCUT2D eigenvalue weighted by molar-refractivity contribution is 1.62. The highest BCUT2D eigenvalue weighted by Crippen LogP contribution is 2.60. The second-order valence-corrected chi connectivity index (χ2v) is 14.7. The third-order valence-corrected chi connectivity index (χ3v) is 11.9. The lowest BCUT2D eigenvalue weighted by Gasteiger charge is -2.20. The summed E-state index contributed by atoms with van der Waals surface area (Å²) < 4.78 is 0. The zero-order valence-corrected chi connectivity index (χ0v) is 29.5. The Morgan fingerprint density at radius 1 is 0.204 bits per heavy atom. The molecule has 0 unspecified atom stereocenters. The smallest absolute Gasteiger partial charge is 0.000740 e. The molecular formula is C54H32. The van der Waals surface area contributed by atoms with Gasteiger partial charge in [-0.3, -0.25) is 0 Å². The van der Waals surface area contributed by atoms with Crippen LogP contribution in [0, 0.1) is 0 Å². The van der Waals surface area contributed by atoms with E-state index in [1.54, 1.807) is 0 Å². The SMILES string of the molecule is c1ccc(-c2c3c(c(-c4ccccc4)c4ccccc24)-c2ccc(-c4ccc5c(c4)-c4cccc6cccc-5c46)c4c(-c5ccccc5)ccc-3c24)cc1. The molecule has 0 atom stereocenters. The van der Waals surface area contributed by atoms with E-state index in [0.717, 1.165) is 0 Å². The van der Waals surface area contributed by atoms with Crippen LogP contribution in [-0.2, 0) is 0 Å². The minimum absolute atomic E-state index is 1.23. The predicted molar refractivity (Wildman–Crippen MR) is 230 cm³/mol. The van der Waals surface area contributed by atoms with E-state index in [4.69, 9.17) is 0 Å². The zero-order valence-electron chi connectivity index (χ0n) is 29.5. The summed E-state index contributed by atoms with van der Waals surface area (Å²) in [7, 11) is 0. The molecule has 54 heavy (non-hydrogen) atoms. The van der Waals surface area contributed by atoms with Crippen LogP contribution >= 0.6 is 0 Å². The van der Waals surface area contributed by atoms with E-state index >= 15 is 0 Å². The van der Waals surface area contributed by atoms with Gasteiger partial charge in [0, 0.05) is 0 Å². The van der Waals surface area contributed by atoms with Crippen LogP contribution in [0.2, 0.25) is 0 Å². The van der Waals surface area contributed by atoms with Crippen LogP contribution in [0.15, 0.2) is 194 Å². The lowest BCUT2D eigenvalue weighted by atomic mass is 9.82. The van der Waals surface area contributed by atoms with E-state index in [1.807, 2.05) is 0 Å². The van der Waals surface area contributed by atoms with Gasteiger partial charge in [-0.05, 0) is 127 Å². The van der Waals surface area contributed by atoms with Crippen molar-refractivity contribution in [3.05, 3.63) is 194 Å². The van der Waals surface area contributed by atoms with Gasteiger partial charge < -0.3 is 0 Å². The Morgan fingerprint density at radius 3 is 1.22 bits per heavy atom. The van der Waals surface area contributed by atoms with Gasteiger partial charge in [-0.1, -0.05) is 188 Å². The van der Waals surface area contributed by atoms with E-state index in [2.05, 4.69) is 194 Å². The molecule has 0 N–H and O–H groups in total. The van der Waals surface area contributed by atoms with Gasteiger partial charge in [0.05, 0.1) is 0 Å². The number of rotatable bonds is 4. The number of fused-ring (bicyclic) bond motifs is 7. The van der Waals surface area contributed by atoms with Crippen LogP contribution < -0.4 is 0 Å². The van der Waals surface area contributed by atoms with Crippen LogP contribution in [-0.4, -0.2) is 0 Å². The fraction of sp³-hybridized carbons (Fsp3) is 0. The summed E-state index contributed by atoms with van der Waals surface area (Å²) in [5.74, 6) is 0. The van der Waals surface area contributed by atoms with Gasteiger partial charge in [-0.15, -0.1) is 0 Å². The van der Waals surface area contributed by atoms with E-state index in [1.165, 1.54) is 121 Å². The zero-order chi connectivity index (χ0) is 35.3. The molecule has 0 saturated carbocycles. The second kappa shape index (κ2) is 11.2. The van der Waals surface area contributed by atoms with Crippen molar-refractivity contribution in [1.82, 2.24) is 0 Å². The molecular weight excluding hydrogens is 649 g/mol. The van der Waals surface area contributed by atoms with E-state index in [-0.39, 0.29) is 0 Å². The van der Waals surface area contributed by atoms with Crippen molar-refractivity contribution in [2.24, 2.45) is 0 Å². The highest BCUT2D eigenvalue weighted by molar-refractivity contribution is 6.30. The molecule has 0 heterocycles. The molecule has 2 aliphatic rings. The van der Waals surface area contributed by atoms with E-state index in [9.17, 15) is 0 Å². The summed E-state index contributed by atoms with van der Waals surface area (Å²) in [4.78, 5) is 0. The molecule has 0 radical (unpaired) electrons. The highest BCUT2D eigenvalue weighted by atomic mass is 14.3. The molecule has 0 fully saturated rings. The van der Waals surface area contributed by atoms with Crippen molar-refractivity contribution in [1.29, 1.82) is 0 Å². The molecule has 0 heteroatoms. The first-order chi connectivity index (χ1) is 26.8. The summed E-state index contributed by atoms with van der Waals surface area (Å²) in [6.45, 7) is 0. The van der Waals surface area contributed by atoms with Crippen molar-refractivity contribution >= 4 is 32.3 Å². The summed E-state index contributed by atoms with van der Waals surface area (Å²) >= 11 is 0. The largest absolute Gasteiger partial charge is 0.0622 e. The van der Waals surface area contributed by atoms with E-state index < -0.39 is 0 Å². The van der Waals surface area contributed by atoms with Crippen LogP contribution in [0.3, 0.4) is 0 Å². The maximum absolute atomic E-state index is 2.45. The summed E-state index contributed by atoms with van der Waals surface area (Å²) in [6.07, 6.45) is 0. The first-order valence-electron chi connectivity index (χ1n) is 18.9. The second-order valence-electron chi connectivity index (χ2n) is 14.7. The first-order valence-corrected chi connectivity index (χ1v) is 18.9. The molecule has 248 valence electrons. The molecule has 10 aromatic rings. The summed E-state index contributed by atoms with van der Waals surface area (Å²) in [5, 5.41) is 7.86. The molecule has 0 aromatic heterocycles. The molecule has 10 aromatic carbocycles. The summed E-state index contributed by atoms with van der Waals surface area (Å²) in [6, 6.07) is 72.2. The number of benzene rings is 10. The molecule has 0 spiro atoms. The quantitative estimate of drug-likeness (QED) is 0.174. The standard InChI is InChI=1S/C54H32/c1-4-14-33(15-5-1)38-28-30-45-52-46(31-29-39(51(38)52)37-26-27-40-41-24-12-20-34-21-13-25-44(48(34)41)47(40)32-37)54-50(36-18-8-3-9-19-36)43-23-11-10-22-42(43)49(53(45)54)35-16-6-2-7-17-35/h1-32H. The average Bonchev–Trinajstić information content (AvgIpc) is 3.75. The average molecular weight is 681 g/mol. The maximum Gasteiger partial charge on any atom is -0.000740 e. The monoisotopic (exact) mass is 680 g/mol. The van der Waals surface area contributed by atoms with Crippen molar-refractivity contribution in [3.8, 4) is 89.0 Å². The van der Waals surface area contributed by atoms with Crippen LogP contribution in [0.25, 0.3) is 121 Å². The first kappa shape index (κ1) is 29.5. The molecule has 0 amide bonds. The van der Waals surface area contributed by atoms with Crippen molar-refractivity contribution in [3.63, 3.8) is 0 Å². The Labute approximate surface area is 314 Å². The van der Waals surface area contributed by atoms with Crippen molar-refractivity contribution < 1.29 is 0 Å². The van der Waals surface area contributed by atoms with Crippen LogP contribution in [0.5, 0.6) is 0 Å². The molecule has 12 rings (SSSR count). The van der Waals surface area contributed by atoms with Gasteiger partial charge in [-0.25, -0.2) is 0 Å². The Hall–Kier alpha value is -7.02. The third kappa shape index (κ3) is 4.03. The topological polar surface area (TPSA) is 0 Å². The van der Waals surface area contributed by atoms with Crippen LogP contribution in [0.1, 0.15) is 0 Å². The maximum atomic E-state index is 2.45. The minimum Gasteiger partial charge on any atom is -0.0622 e. The fourth-order valence-corrected chi connectivity index (χ4v) is 9.76. The fourth-order valence-electron chi connectivity index (χ4n) is 9.76. The van der Waals surface area contributed by atoms with Crippen LogP contribution in [0.4, 0.5) is 0 Å². The molecule has 0 bridgehead atoms. The van der Waals surface area contributed by atoms with Crippen molar-refractivity contribution in [2.75, 3.05) is 0 Å². The number of hydrogen-bond acceptors (Lipinski definition) is 0. The van der Waals surface area contributed by atoms with Gasteiger partial charge in [-0.2, -0.15) is 0 Å². The highest BCUT2D eigenvalue weighted by Gasteiger charge is 2.32. The normalized spacial score (nSPS) is 12.1. The Morgan fingerprint density at radius 2 is 0.648 bits per heavy atom. The van der Waals surface area contributed by atoms with E-state index in [0.29, 0.717) is 0 Å². The molecule has 0 aliphatic heterocycles. The Kier molecular flexibility index (Phi) is 6.15. The Bertz CT molecular complexity index is 3070. The van der Waals surface area contributed by atoms with Gasteiger partial charge in [0.2, 0.25) is 0 Å². The number of hydrogen-bond donors (Lipinski definition) is 0. The Balaban J connectivity index is 1.22. The minimum atomic E-state index is 1.23. The van der Waals surface area contributed by atoms with Gasteiger partial charge >= 0.3 is 0 Å². The van der Waals surface area contributed by atoms with Gasteiger partial charge in [0.1, 0.15) is 0 Å². The molecule has 0 saturated heterocycles. The lowest BCUT2D eigenvalue weighted by Crippen LogP contribution is -1.93. The third-order valence-electron chi connectivity index (χ3n) is 11.9. The molecule has 2 aliphatic carbocycles. The molecule has 0 nitrogen and oxygen atoms in total. The van der Waals surface area contributed by atoms with Gasteiger partial charge in [0.15, 0.2) is 0 Å². The van der Waals surface area contributed by atoms with Crippen molar-refractivity contribution in [2.45, 2.75) is 0 Å².